The van der Waals surface area contributed by atoms with E-state index in [-0.39, 0.29) is 29.2 Å². The predicted octanol–water partition coefficient (Wildman–Crippen LogP) is 4.44. The molecule has 1 aliphatic carbocycles. The first-order chi connectivity index (χ1) is 13.5. The van der Waals surface area contributed by atoms with Gasteiger partial charge in [0, 0.05) is 0 Å². The van der Waals surface area contributed by atoms with Gasteiger partial charge in [-0.05, 0) is 44.0 Å². The molecule has 1 N–H and O–H groups in total. The normalized spacial score (nSPS) is 21.4. The van der Waals surface area contributed by atoms with Gasteiger partial charge < -0.3 is 5.32 Å². The van der Waals surface area contributed by atoms with Gasteiger partial charge in [-0.25, -0.2) is 4.90 Å². The number of imide groups is 1. The fraction of sp³-hybridized carbons (Fsp3) is 0.227. The number of carbonyl (C=O) groups excluding carboxylic acids is 3. The molecule has 1 fully saturated rings. The Bertz CT molecular complexity index is 1010. The Balaban J connectivity index is 1.67. The Morgan fingerprint density at radius 3 is 2.50 bits per heavy atom. The van der Waals surface area contributed by atoms with Crippen LogP contribution in [0.1, 0.15) is 30.1 Å². The SMILES string of the molecule is CC1=CC[C@H]2C(=O)N(c3ccccc3C(=O)Nc3ccccc3Cl)C(=O)[C@H]2C1. The number of hydrogen-bond acceptors (Lipinski definition) is 3. The van der Waals surface area contributed by atoms with E-state index in [0.717, 1.165) is 5.57 Å². The van der Waals surface area contributed by atoms with Gasteiger partial charge in [0.1, 0.15) is 0 Å². The third-order valence-corrected chi connectivity index (χ3v) is 5.66. The fourth-order valence-corrected chi connectivity index (χ4v) is 4.07. The lowest BCUT2D eigenvalue weighted by molar-refractivity contribution is -0.122. The lowest BCUT2D eigenvalue weighted by Gasteiger charge is -2.19. The monoisotopic (exact) mass is 394 g/mol. The van der Waals surface area contributed by atoms with Crippen LogP contribution in [0, 0.1) is 11.8 Å². The van der Waals surface area contributed by atoms with Gasteiger partial charge in [0.05, 0.1) is 33.8 Å². The van der Waals surface area contributed by atoms with Crippen molar-refractivity contribution in [3.8, 4) is 0 Å². The van der Waals surface area contributed by atoms with Crippen molar-refractivity contribution in [2.45, 2.75) is 19.8 Å². The highest BCUT2D eigenvalue weighted by molar-refractivity contribution is 6.34. The predicted molar refractivity (Wildman–Crippen MR) is 108 cm³/mol. The Hall–Kier alpha value is -2.92. The van der Waals surface area contributed by atoms with Gasteiger partial charge in [0.2, 0.25) is 11.8 Å². The average Bonchev–Trinajstić information content (AvgIpc) is 2.93. The number of allylic oxidation sites excluding steroid dienone is 2. The van der Waals surface area contributed by atoms with Crippen LogP contribution in [0.3, 0.4) is 0 Å². The summed E-state index contributed by atoms with van der Waals surface area (Å²) >= 11 is 6.13. The first-order valence-corrected chi connectivity index (χ1v) is 9.53. The van der Waals surface area contributed by atoms with Crippen molar-refractivity contribution in [2.24, 2.45) is 11.8 Å². The molecule has 1 heterocycles. The minimum atomic E-state index is -0.423. The van der Waals surface area contributed by atoms with E-state index in [2.05, 4.69) is 5.32 Å². The van der Waals surface area contributed by atoms with Crippen LogP contribution in [0.4, 0.5) is 11.4 Å². The Kier molecular flexibility index (Phi) is 4.77. The van der Waals surface area contributed by atoms with E-state index in [0.29, 0.717) is 29.2 Å². The number of halogens is 1. The first kappa shape index (κ1) is 18.4. The zero-order valence-electron chi connectivity index (χ0n) is 15.3. The summed E-state index contributed by atoms with van der Waals surface area (Å²) in [5.74, 6) is -1.60. The van der Waals surface area contributed by atoms with Crippen molar-refractivity contribution < 1.29 is 14.4 Å². The minimum Gasteiger partial charge on any atom is -0.321 e. The summed E-state index contributed by atoms with van der Waals surface area (Å²) in [6.45, 7) is 1.97. The first-order valence-electron chi connectivity index (χ1n) is 9.15. The van der Waals surface area contributed by atoms with Crippen LogP contribution in [0.2, 0.25) is 5.02 Å². The summed E-state index contributed by atoms with van der Waals surface area (Å²) in [4.78, 5) is 40.1. The van der Waals surface area contributed by atoms with E-state index in [1.165, 1.54) is 4.90 Å². The standard InChI is InChI=1S/C22H19ClN2O3/c1-13-10-11-14-16(12-13)22(28)25(21(14)27)19-9-5-2-6-15(19)20(26)24-18-8-4-3-7-17(18)23/h2-10,14,16H,11-12H2,1H3,(H,24,26)/t14-,16+/m1/s1. The molecule has 6 heteroatoms. The maximum atomic E-state index is 13.0. The zero-order chi connectivity index (χ0) is 19.8. The third-order valence-electron chi connectivity index (χ3n) is 5.33. The van der Waals surface area contributed by atoms with Gasteiger partial charge in [-0.15, -0.1) is 0 Å². The van der Waals surface area contributed by atoms with Crippen LogP contribution in [0.5, 0.6) is 0 Å². The number of anilines is 2. The zero-order valence-corrected chi connectivity index (χ0v) is 16.1. The molecule has 0 spiro atoms. The van der Waals surface area contributed by atoms with Crippen molar-refractivity contribution in [3.63, 3.8) is 0 Å². The van der Waals surface area contributed by atoms with Gasteiger partial charge in [-0.1, -0.05) is 47.5 Å². The van der Waals surface area contributed by atoms with Crippen LogP contribution in [0.25, 0.3) is 0 Å². The highest BCUT2D eigenvalue weighted by Gasteiger charge is 2.49. The summed E-state index contributed by atoms with van der Waals surface area (Å²) in [7, 11) is 0. The third kappa shape index (κ3) is 3.12. The summed E-state index contributed by atoms with van der Waals surface area (Å²) < 4.78 is 0. The van der Waals surface area contributed by atoms with Gasteiger partial charge in [0.15, 0.2) is 0 Å². The molecule has 5 nitrogen and oxygen atoms in total. The molecule has 2 aromatic carbocycles. The van der Waals surface area contributed by atoms with Crippen molar-refractivity contribution in [2.75, 3.05) is 10.2 Å². The molecule has 2 aliphatic rings. The second-order valence-corrected chi connectivity index (χ2v) is 7.57. The van der Waals surface area contributed by atoms with Gasteiger partial charge in [-0.3, -0.25) is 14.4 Å². The van der Waals surface area contributed by atoms with E-state index >= 15 is 0 Å². The fourth-order valence-electron chi connectivity index (χ4n) is 3.89. The molecule has 0 bridgehead atoms. The van der Waals surface area contributed by atoms with E-state index in [1.807, 2.05) is 13.0 Å². The molecule has 0 saturated carbocycles. The number of nitrogens with one attached hydrogen (secondary N) is 1. The molecule has 142 valence electrons. The quantitative estimate of drug-likeness (QED) is 0.618. The topological polar surface area (TPSA) is 66.5 Å². The smallest absolute Gasteiger partial charge is 0.257 e. The van der Waals surface area contributed by atoms with Gasteiger partial charge in [-0.2, -0.15) is 0 Å². The Morgan fingerprint density at radius 2 is 1.71 bits per heavy atom. The molecule has 1 aliphatic heterocycles. The number of fused-ring (bicyclic) bond motifs is 1. The Morgan fingerprint density at radius 1 is 1.04 bits per heavy atom. The van der Waals surface area contributed by atoms with E-state index in [1.54, 1.807) is 48.5 Å². The number of nitrogens with zero attached hydrogens (tertiary/aromatic N) is 1. The average molecular weight is 395 g/mol. The summed E-state index contributed by atoms with van der Waals surface area (Å²) in [5, 5.41) is 3.17. The molecule has 2 aromatic rings. The molecule has 4 rings (SSSR count). The van der Waals surface area contributed by atoms with Crippen molar-refractivity contribution in [3.05, 3.63) is 70.8 Å². The van der Waals surface area contributed by atoms with Crippen molar-refractivity contribution >= 4 is 40.7 Å². The van der Waals surface area contributed by atoms with Gasteiger partial charge in [0.25, 0.3) is 5.91 Å². The minimum absolute atomic E-state index is 0.236. The lowest BCUT2D eigenvalue weighted by Crippen LogP contribution is -2.33. The maximum absolute atomic E-state index is 13.0. The molecular formula is C22H19ClN2O3. The molecule has 0 aromatic heterocycles. The molecule has 28 heavy (non-hydrogen) atoms. The summed E-state index contributed by atoms with van der Waals surface area (Å²) in [5.41, 5.74) is 2.16. The molecule has 0 radical (unpaired) electrons. The van der Waals surface area contributed by atoms with Crippen LogP contribution >= 0.6 is 11.6 Å². The highest BCUT2D eigenvalue weighted by atomic mass is 35.5. The number of para-hydroxylation sites is 2. The molecule has 1 saturated heterocycles. The van der Waals surface area contributed by atoms with Crippen LogP contribution in [0.15, 0.2) is 60.2 Å². The van der Waals surface area contributed by atoms with Crippen molar-refractivity contribution in [1.82, 2.24) is 0 Å². The van der Waals surface area contributed by atoms with E-state index in [4.69, 9.17) is 11.6 Å². The summed E-state index contributed by atoms with van der Waals surface area (Å²) in [6.07, 6.45) is 3.16. The highest BCUT2D eigenvalue weighted by Crippen LogP contribution is 2.40. The van der Waals surface area contributed by atoms with Gasteiger partial charge >= 0.3 is 0 Å². The number of benzene rings is 2. The summed E-state index contributed by atoms with van der Waals surface area (Å²) in [6, 6.07) is 13.6. The van der Waals surface area contributed by atoms with Crippen molar-refractivity contribution in [1.29, 1.82) is 0 Å². The second-order valence-electron chi connectivity index (χ2n) is 7.17. The Labute approximate surface area is 168 Å². The van der Waals surface area contributed by atoms with E-state index < -0.39 is 5.91 Å². The number of carbonyl (C=O) groups is 3. The maximum Gasteiger partial charge on any atom is 0.257 e. The van der Waals surface area contributed by atoms with Crippen LogP contribution in [-0.4, -0.2) is 17.7 Å². The molecular weight excluding hydrogens is 376 g/mol. The van der Waals surface area contributed by atoms with Crippen LogP contribution < -0.4 is 10.2 Å². The lowest BCUT2D eigenvalue weighted by atomic mass is 9.82. The largest absolute Gasteiger partial charge is 0.321 e. The molecule has 2 atom stereocenters. The molecule has 0 unspecified atom stereocenters. The number of hydrogen-bond donors (Lipinski definition) is 1. The molecule has 3 amide bonds. The van der Waals surface area contributed by atoms with E-state index in [9.17, 15) is 14.4 Å². The van der Waals surface area contributed by atoms with Crippen LogP contribution in [-0.2, 0) is 9.59 Å². The number of amides is 3. The number of rotatable bonds is 3. The second kappa shape index (κ2) is 7.24.